The quantitative estimate of drug-likeness (QED) is 0.511. The Morgan fingerprint density at radius 2 is 1.84 bits per heavy atom. The molecule has 10 heteroatoms. The Morgan fingerprint density at radius 1 is 1.09 bits per heavy atom. The van der Waals surface area contributed by atoms with Gasteiger partial charge in [0, 0.05) is 20.2 Å². The number of benzene rings is 1. The van der Waals surface area contributed by atoms with Crippen LogP contribution in [0, 0.1) is 6.92 Å². The minimum absolute atomic E-state index is 0.287. The van der Waals surface area contributed by atoms with Gasteiger partial charge in [-0.1, -0.05) is 19.1 Å². The van der Waals surface area contributed by atoms with Gasteiger partial charge in [0.05, 0.1) is 18.9 Å². The number of ether oxygens (including phenoxy) is 2. The Bertz CT molecular complexity index is 1220. The summed E-state index contributed by atoms with van der Waals surface area (Å²) >= 11 is 0. The molecule has 0 atom stereocenters. The van der Waals surface area contributed by atoms with Crippen molar-refractivity contribution in [2.45, 2.75) is 46.8 Å². The van der Waals surface area contributed by atoms with Crippen LogP contribution in [0.15, 0.2) is 33.9 Å². The number of aryl methyl sites for hydroxylation is 2. The van der Waals surface area contributed by atoms with Gasteiger partial charge in [0.25, 0.3) is 5.56 Å². The molecule has 0 aliphatic carbocycles. The fourth-order valence-electron chi connectivity index (χ4n) is 3.60. The normalized spacial score (nSPS) is 11.1. The van der Waals surface area contributed by atoms with Gasteiger partial charge in [-0.3, -0.25) is 14.2 Å². The second-order valence-corrected chi connectivity index (χ2v) is 7.28. The van der Waals surface area contributed by atoms with E-state index in [1.54, 1.807) is 42.9 Å². The number of amides is 1. The first kappa shape index (κ1) is 23.3. The lowest BCUT2D eigenvalue weighted by Gasteiger charge is -2.14. The van der Waals surface area contributed by atoms with Gasteiger partial charge in [0.15, 0.2) is 11.2 Å². The Kier molecular flexibility index (Phi) is 7.47. The molecule has 3 rings (SSSR count). The highest BCUT2D eigenvalue weighted by molar-refractivity contribution is 5.92. The molecule has 0 aliphatic rings. The van der Waals surface area contributed by atoms with Gasteiger partial charge in [-0.05, 0) is 32.4 Å². The lowest BCUT2D eigenvalue weighted by Crippen LogP contribution is -2.43. The number of fused-ring (bicyclic) bond motifs is 1. The van der Waals surface area contributed by atoms with Crippen molar-refractivity contribution in [1.82, 2.24) is 18.7 Å². The number of hydrogen-bond acceptors (Lipinski definition) is 6. The summed E-state index contributed by atoms with van der Waals surface area (Å²) < 4.78 is 14.8. The van der Waals surface area contributed by atoms with Crippen LogP contribution in [-0.4, -0.2) is 44.9 Å². The number of aromatic nitrogens is 4. The van der Waals surface area contributed by atoms with E-state index >= 15 is 0 Å². The zero-order valence-electron chi connectivity index (χ0n) is 18.9. The van der Waals surface area contributed by atoms with Crippen molar-refractivity contribution in [2.75, 3.05) is 25.6 Å². The van der Waals surface area contributed by atoms with Gasteiger partial charge in [-0.15, -0.1) is 0 Å². The van der Waals surface area contributed by atoms with Crippen LogP contribution in [0.3, 0.4) is 0 Å². The third-order valence-corrected chi connectivity index (χ3v) is 5.03. The van der Waals surface area contributed by atoms with Crippen molar-refractivity contribution in [2.24, 2.45) is 0 Å². The highest BCUT2D eigenvalue weighted by atomic mass is 16.5. The summed E-state index contributed by atoms with van der Waals surface area (Å²) in [6.45, 7) is 6.74. The molecular weight excluding hydrogens is 414 g/mol. The molecule has 172 valence electrons. The van der Waals surface area contributed by atoms with E-state index in [2.05, 4.69) is 10.3 Å². The summed E-state index contributed by atoms with van der Waals surface area (Å²) in [7, 11) is 1.57. The average molecular weight is 444 g/mol. The number of nitrogens with one attached hydrogen (secondary N) is 1. The van der Waals surface area contributed by atoms with Gasteiger partial charge in [-0.25, -0.2) is 14.3 Å². The first-order valence-corrected chi connectivity index (χ1v) is 10.6. The Morgan fingerprint density at radius 3 is 2.53 bits per heavy atom. The number of hydrogen-bond donors (Lipinski definition) is 1. The van der Waals surface area contributed by atoms with Gasteiger partial charge >= 0.3 is 5.69 Å². The second kappa shape index (κ2) is 10.3. The number of methoxy groups -OCH3 is 1. The number of nitrogens with zero attached hydrogens (tertiary/aromatic N) is 4. The first-order valence-electron chi connectivity index (χ1n) is 10.6. The van der Waals surface area contributed by atoms with E-state index in [0.29, 0.717) is 55.6 Å². The van der Waals surface area contributed by atoms with Crippen LogP contribution in [0.2, 0.25) is 0 Å². The molecule has 0 bridgehead atoms. The van der Waals surface area contributed by atoms with Crippen LogP contribution < -0.4 is 21.3 Å². The molecule has 1 N–H and O–H groups in total. The van der Waals surface area contributed by atoms with E-state index in [-0.39, 0.29) is 5.52 Å². The summed E-state index contributed by atoms with van der Waals surface area (Å²) in [5.74, 6) is 0.618. The summed E-state index contributed by atoms with van der Waals surface area (Å²) in [6.07, 6.45) is 0.672. The van der Waals surface area contributed by atoms with Crippen LogP contribution in [0.25, 0.3) is 11.2 Å². The summed E-state index contributed by atoms with van der Waals surface area (Å²) in [5.41, 5.74) is -0.0245. The second-order valence-electron chi connectivity index (χ2n) is 7.28. The molecule has 0 spiro atoms. The Labute approximate surface area is 185 Å². The molecule has 10 nitrogen and oxygen atoms in total. The SMILES string of the molecule is CCCn1c(=O)n(CC(=O)Nc2ccccc2OCC)c(=O)c2c1nc(C)n2CCOC. The maximum Gasteiger partial charge on any atom is 0.333 e. The topological polar surface area (TPSA) is 109 Å². The van der Waals surface area contributed by atoms with Crippen LogP contribution in [-0.2, 0) is 29.2 Å². The predicted octanol–water partition coefficient (Wildman–Crippen LogP) is 1.76. The molecule has 32 heavy (non-hydrogen) atoms. The molecule has 2 heterocycles. The van der Waals surface area contributed by atoms with Gasteiger partial charge in [0.2, 0.25) is 5.91 Å². The van der Waals surface area contributed by atoms with Gasteiger partial charge in [0.1, 0.15) is 18.1 Å². The molecule has 0 unspecified atom stereocenters. The molecule has 0 fully saturated rings. The van der Waals surface area contributed by atoms with E-state index in [1.165, 1.54) is 4.57 Å². The highest BCUT2D eigenvalue weighted by Crippen LogP contribution is 2.23. The highest BCUT2D eigenvalue weighted by Gasteiger charge is 2.21. The maximum absolute atomic E-state index is 13.3. The van der Waals surface area contributed by atoms with Crippen LogP contribution in [0.4, 0.5) is 5.69 Å². The summed E-state index contributed by atoms with van der Waals surface area (Å²) in [6, 6.07) is 7.00. The zero-order valence-corrected chi connectivity index (χ0v) is 18.9. The molecule has 0 saturated heterocycles. The lowest BCUT2D eigenvalue weighted by molar-refractivity contribution is -0.116. The fraction of sp³-hybridized carbons (Fsp3) is 0.455. The van der Waals surface area contributed by atoms with Crippen molar-refractivity contribution >= 4 is 22.8 Å². The van der Waals surface area contributed by atoms with Crippen LogP contribution >= 0.6 is 0 Å². The minimum Gasteiger partial charge on any atom is -0.492 e. The lowest BCUT2D eigenvalue weighted by atomic mass is 10.3. The van der Waals surface area contributed by atoms with Gasteiger partial charge < -0.3 is 19.4 Å². The standard InChI is InChI=1S/C22H29N5O5/c1-5-11-26-20-19(25(12-13-31-4)15(3)23-20)21(29)27(22(26)30)14-18(28)24-16-9-7-8-10-17(16)32-6-2/h7-10H,5-6,11-14H2,1-4H3,(H,24,28). The van der Waals surface area contributed by atoms with Crippen molar-refractivity contribution in [3.8, 4) is 5.75 Å². The number of imidazole rings is 1. The van der Waals surface area contributed by atoms with Crippen LogP contribution in [0.1, 0.15) is 26.1 Å². The number of para-hydroxylation sites is 2. The fourth-order valence-corrected chi connectivity index (χ4v) is 3.60. The first-order chi connectivity index (χ1) is 15.4. The van der Waals surface area contributed by atoms with Crippen molar-refractivity contribution in [1.29, 1.82) is 0 Å². The zero-order chi connectivity index (χ0) is 23.3. The number of carbonyl (C=O) groups is 1. The third kappa shape index (κ3) is 4.59. The molecule has 1 amide bonds. The molecule has 1 aromatic carbocycles. The monoisotopic (exact) mass is 443 g/mol. The number of rotatable bonds is 10. The smallest absolute Gasteiger partial charge is 0.333 e. The molecule has 0 saturated carbocycles. The van der Waals surface area contributed by atoms with Gasteiger partial charge in [-0.2, -0.15) is 0 Å². The van der Waals surface area contributed by atoms with E-state index < -0.39 is 23.7 Å². The van der Waals surface area contributed by atoms with Crippen molar-refractivity contribution < 1.29 is 14.3 Å². The van der Waals surface area contributed by atoms with Crippen molar-refractivity contribution in [3.63, 3.8) is 0 Å². The Hall–Kier alpha value is -3.40. The molecular formula is C22H29N5O5. The maximum atomic E-state index is 13.3. The predicted molar refractivity (Wildman–Crippen MR) is 121 cm³/mol. The minimum atomic E-state index is -0.561. The average Bonchev–Trinajstić information content (AvgIpc) is 3.10. The summed E-state index contributed by atoms with van der Waals surface area (Å²) in [4.78, 5) is 43.7. The number of carbonyl (C=O) groups excluding carboxylic acids is 1. The molecule has 0 radical (unpaired) electrons. The third-order valence-electron chi connectivity index (χ3n) is 5.03. The van der Waals surface area contributed by atoms with E-state index in [4.69, 9.17) is 9.47 Å². The largest absolute Gasteiger partial charge is 0.492 e. The Balaban J connectivity index is 2.05. The van der Waals surface area contributed by atoms with E-state index in [0.717, 1.165) is 4.57 Å². The summed E-state index contributed by atoms with van der Waals surface area (Å²) in [5, 5.41) is 2.74. The van der Waals surface area contributed by atoms with Crippen molar-refractivity contribution in [3.05, 3.63) is 50.9 Å². The molecule has 2 aromatic heterocycles. The molecule has 3 aromatic rings. The van der Waals surface area contributed by atoms with E-state index in [1.807, 2.05) is 13.8 Å². The van der Waals surface area contributed by atoms with E-state index in [9.17, 15) is 14.4 Å². The number of anilines is 1. The van der Waals surface area contributed by atoms with Crippen LogP contribution in [0.5, 0.6) is 5.75 Å². The molecule has 0 aliphatic heterocycles.